The van der Waals surface area contributed by atoms with Crippen molar-refractivity contribution in [3.8, 4) is 5.69 Å². The smallest absolute Gasteiger partial charge is 0.360 e. The highest BCUT2D eigenvalue weighted by molar-refractivity contribution is 5.92. The SMILES string of the molecule is CCOC(=O)c1ncn(-c2ccccc2COC)c1N. The number of imidazole rings is 1. The third-order valence-corrected chi connectivity index (χ3v) is 2.82. The molecule has 0 radical (unpaired) electrons. The maximum atomic E-state index is 11.7. The predicted molar refractivity (Wildman–Crippen MR) is 74.6 cm³/mol. The lowest BCUT2D eigenvalue weighted by Crippen LogP contribution is -2.10. The molecule has 0 spiro atoms. The first-order valence-electron chi connectivity index (χ1n) is 6.26. The quantitative estimate of drug-likeness (QED) is 0.841. The summed E-state index contributed by atoms with van der Waals surface area (Å²) >= 11 is 0. The van der Waals surface area contributed by atoms with Gasteiger partial charge in [-0.25, -0.2) is 9.78 Å². The van der Waals surface area contributed by atoms with Gasteiger partial charge in [-0.2, -0.15) is 0 Å². The van der Waals surface area contributed by atoms with Crippen LogP contribution >= 0.6 is 0 Å². The minimum atomic E-state index is -0.520. The second-order valence-electron chi connectivity index (χ2n) is 4.13. The van der Waals surface area contributed by atoms with Gasteiger partial charge in [0.1, 0.15) is 12.1 Å². The number of nitrogens with two attached hydrogens (primary N) is 1. The zero-order chi connectivity index (χ0) is 14.5. The van der Waals surface area contributed by atoms with E-state index in [0.29, 0.717) is 6.61 Å². The van der Waals surface area contributed by atoms with Gasteiger partial charge in [0.25, 0.3) is 0 Å². The molecule has 106 valence electrons. The molecule has 0 saturated heterocycles. The molecular weight excluding hydrogens is 258 g/mol. The molecule has 0 saturated carbocycles. The molecule has 2 aromatic rings. The molecule has 6 nitrogen and oxygen atoms in total. The Morgan fingerprint density at radius 2 is 2.15 bits per heavy atom. The largest absolute Gasteiger partial charge is 0.461 e. The maximum absolute atomic E-state index is 11.7. The maximum Gasteiger partial charge on any atom is 0.360 e. The Hall–Kier alpha value is -2.34. The number of carbonyl (C=O) groups excluding carboxylic acids is 1. The number of rotatable bonds is 5. The molecule has 0 aliphatic heterocycles. The molecule has 0 aliphatic carbocycles. The van der Waals surface area contributed by atoms with E-state index in [1.54, 1.807) is 18.6 Å². The zero-order valence-electron chi connectivity index (χ0n) is 11.5. The normalized spacial score (nSPS) is 10.5. The Balaban J connectivity index is 2.42. The lowest BCUT2D eigenvalue weighted by Gasteiger charge is -2.11. The average molecular weight is 275 g/mol. The number of benzene rings is 1. The lowest BCUT2D eigenvalue weighted by molar-refractivity contribution is 0.0521. The number of aromatic nitrogens is 2. The van der Waals surface area contributed by atoms with Gasteiger partial charge in [0, 0.05) is 12.7 Å². The molecule has 0 atom stereocenters. The van der Waals surface area contributed by atoms with Crippen LogP contribution in [-0.4, -0.2) is 29.2 Å². The monoisotopic (exact) mass is 275 g/mol. The number of hydrogen-bond acceptors (Lipinski definition) is 5. The number of nitrogens with zero attached hydrogens (tertiary/aromatic N) is 2. The minimum Gasteiger partial charge on any atom is -0.461 e. The first-order chi connectivity index (χ1) is 9.69. The van der Waals surface area contributed by atoms with Gasteiger partial charge >= 0.3 is 5.97 Å². The van der Waals surface area contributed by atoms with Crippen LogP contribution in [0, 0.1) is 0 Å². The molecule has 20 heavy (non-hydrogen) atoms. The third kappa shape index (κ3) is 2.65. The van der Waals surface area contributed by atoms with Gasteiger partial charge in [0.15, 0.2) is 5.69 Å². The summed E-state index contributed by atoms with van der Waals surface area (Å²) in [5, 5.41) is 0. The summed E-state index contributed by atoms with van der Waals surface area (Å²) in [5.41, 5.74) is 7.90. The number of methoxy groups -OCH3 is 1. The summed E-state index contributed by atoms with van der Waals surface area (Å²) in [6.07, 6.45) is 1.51. The van der Waals surface area contributed by atoms with Crippen molar-refractivity contribution in [2.75, 3.05) is 19.5 Å². The zero-order valence-corrected chi connectivity index (χ0v) is 11.5. The molecule has 1 aromatic carbocycles. The fourth-order valence-electron chi connectivity index (χ4n) is 1.93. The van der Waals surface area contributed by atoms with Crippen molar-refractivity contribution >= 4 is 11.8 Å². The minimum absolute atomic E-state index is 0.124. The number of para-hydroxylation sites is 1. The van der Waals surface area contributed by atoms with E-state index in [-0.39, 0.29) is 18.1 Å². The van der Waals surface area contributed by atoms with Crippen LogP contribution in [0.3, 0.4) is 0 Å². The highest BCUT2D eigenvalue weighted by Gasteiger charge is 2.18. The van der Waals surface area contributed by atoms with Crippen molar-refractivity contribution in [1.29, 1.82) is 0 Å². The van der Waals surface area contributed by atoms with E-state index in [9.17, 15) is 4.79 Å². The highest BCUT2D eigenvalue weighted by atomic mass is 16.5. The number of hydrogen-bond donors (Lipinski definition) is 1. The average Bonchev–Trinajstić information content (AvgIpc) is 2.82. The van der Waals surface area contributed by atoms with Crippen LogP contribution in [0.15, 0.2) is 30.6 Å². The summed E-state index contributed by atoms with van der Waals surface area (Å²) in [4.78, 5) is 15.8. The molecule has 6 heteroatoms. The second-order valence-corrected chi connectivity index (χ2v) is 4.13. The number of esters is 1. The molecule has 0 bridgehead atoms. The van der Waals surface area contributed by atoms with E-state index in [1.165, 1.54) is 6.33 Å². The fraction of sp³-hybridized carbons (Fsp3) is 0.286. The van der Waals surface area contributed by atoms with Gasteiger partial charge in [0.05, 0.1) is 18.9 Å². The van der Waals surface area contributed by atoms with Crippen LogP contribution in [0.5, 0.6) is 0 Å². The molecule has 0 fully saturated rings. The molecular formula is C14H17N3O3. The van der Waals surface area contributed by atoms with Crippen LogP contribution in [0.1, 0.15) is 23.0 Å². The number of carbonyl (C=O) groups is 1. The summed E-state index contributed by atoms with van der Waals surface area (Å²) in [6, 6.07) is 7.62. The molecule has 1 aromatic heterocycles. The predicted octanol–water partition coefficient (Wildman–Crippen LogP) is 1.78. The van der Waals surface area contributed by atoms with E-state index in [0.717, 1.165) is 11.3 Å². The molecule has 0 amide bonds. The lowest BCUT2D eigenvalue weighted by atomic mass is 10.2. The molecule has 0 aliphatic rings. The second kappa shape index (κ2) is 6.21. The van der Waals surface area contributed by atoms with Gasteiger partial charge in [-0.05, 0) is 13.0 Å². The summed E-state index contributed by atoms with van der Waals surface area (Å²) in [5.74, 6) is -0.264. The summed E-state index contributed by atoms with van der Waals surface area (Å²) in [6.45, 7) is 2.47. The van der Waals surface area contributed by atoms with Gasteiger partial charge in [-0.15, -0.1) is 0 Å². The first-order valence-corrected chi connectivity index (χ1v) is 6.26. The van der Waals surface area contributed by atoms with Crippen LogP contribution in [0.4, 0.5) is 5.82 Å². The van der Waals surface area contributed by atoms with Crippen LogP contribution in [0.25, 0.3) is 5.69 Å². The molecule has 2 N–H and O–H groups in total. The van der Waals surface area contributed by atoms with Gasteiger partial charge in [0.2, 0.25) is 0 Å². The van der Waals surface area contributed by atoms with Crippen LogP contribution < -0.4 is 5.73 Å². The number of ether oxygens (including phenoxy) is 2. The van der Waals surface area contributed by atoms with Crippen molar-refractivity contribution in [2.24, 2.45) is 0 Å². The van der Waals surface area contributed by atoms with Crippen molar-refractivity contribution < 1.29 is 14.3 Å². The van der Waals surface area contributed by atoms with Crippen molar-refractivity contribution in [1.82, 2.24) is 9.55 Å². The van der Waals surface area contributed by atoms with Gasteiger partial charge in [-0.1, -0.05) is 18.2 Å². The van der Waals surface area contributed by atoms with Crippen molar-refractivity contribution in [3.05, 3.63) is 41.9 Å². The van der Waals surface area contributed by atoms with Crippen molar-refractivity contribution in [3.63, 3.8) is 0 Å². The Morgan fingerprint density at radius 3 is 2.85 bits per heavy atom. The van der Waals surface area contributed by atoms with Crippen LogP contribution in [-0.2, 0) is 16.1 Å². The summed E-state index contributed by atoms with van der Waals surface area (Å²) in [7, 11) is 1.62. The Kier molecular flexibility index (Phi) is 4.37. The van der Waals surface area contributed by atoms with E-state index in [1.807, 2.05) is 24.3 Å². The highest BCUT2D eigenvalue weighted by Crippen LogP contribution is 2.21. The summed E-state index contributed by atoms with van der Waals surface area (Å²) < 4.78 is 11.7. The van der Waals surface area contributed by atoms with Gasteiger partial charge in [-0.3, -0.25) is 4.57 Å². The van der Waals surface area contributed by atoms with E-state index in [4.69, 9.17) is 15.2 Å². The van der Waals surface area contributed by atoms with Crippen molar-refractivity contribution in [2.45, 2.75) is 13.5 Å². The van der Waals surface area contributed by atoms with E-state index >= 15 is 0 Å². The van der Waals surface area contributed by atoms with E-state index in [2.05, 4.69) is 4.98 Å². The first kappa shape index (κ1) is 14.1. The Bertz CT molecular complexity index is 607. The Morgan fingerprint density at radius 1 is 1.40 bits per heavy atom. The fourth-order valence-corrected chi connectivity index (χ4v) is 1.93. The standard InChI is InChI=1S/C14H17N3O3/c1-3-20-14(18)12-13(15)17(9-16-12)11-7-5-4-6-10(11)8-19-2/h4-7,9H,3,8,15H2,1-2H3. The topological polar surface area (TPSA) is 79.4 Å². The van der Waals surface area contributed by atoms with E-state index < -0.39 is 5.97 Å². The molecule has 2 rings (SSSR count). The third-order valence-electron chi connectivity index (χ3n) is 2.82. The Labute approximate surface area is 117 Å². The molecule has 1 heterocycles. The van der Waals surface area contributed by atoms with Gasteiger partial charge < -0.3 is 15.2 Å². The number of anilines is 1. The van der Waals surface area contributed by atoms with Crippen LogP contribution in [0.2, 0.25) is 0 Å². The number of nitrogen functional groups attached to an aromatic ring is 1. The molecule has 0 unspecified atom stereocenters.